The van der Waals surface area contributed by atoms with Gasteiger partial charge in [0, 0.05) is 17.1 Å². The number of nitrogens with one attached hydrogen (secondary N) is 1. The van der Waals surface area contributed by atoms with E-state index in [2.05, 4.69) is 40.3 Å². The monoisotopic (exact) mass is 349 g/mol. The van der Waals surface area contributed by atoms with E-state index in [-0.39, 0.29) is 0 Å². The first kappa shape index (κ1) is 15.9. The number of halogens is 1. The first-order chi connectivity index (χ1) is 10.2. The summed E-state index contributed by atoms with van der Waals surface area (Å²) in [4.78, 5) is 0. The van der Waals surface area contributed by atoms with Crippen LogP contribution in [-0.2, 0) is 0 Å². The van der Waals surface area contributed by atoms with Gasteiger partial charge in [0.05, 0.1) is 7.11 Å². The Morgan fingerprint density at radius 1 is 1.10 bits per heavy atom. The Kier molecular flexibility index (Phi) is 6.08. The van der Waals surface area contributed by atoms with E-state index in [1.165, 1.54) is 5.56 Å². The first-order valence-electron chi connectivity index (χ1n) is 6.95. The molecule has 1 N–H and O–H groups in total. The van der Waals surface area contributed by atoms with Gasteiger partial charge in [0.1, 0.15) is 18.1 Å². The van der Waals surface area contributed by atoms with E-state index in [0.29, 0.717) is 12.6 Å². The predicted octanol–water partition coefficient (Wildman–Crippen LogP) is 4.19. The molecule has 4 heteroatoms. The average Bonchev–Trinajstić information content (AvgIpc) is 2.52. The largest absolute Gasteiger partial charge is 0.497 e. The molecular weight excluding hydrogens is 330 g/mol. The van der Waals surface area contributed by atoms with Gasteiger partial charge in [-0.3, -0.25) is 0 Å². The van der Waals surface area contributed by atoms with Crippen LogP contribution in [0, 0.1) is 0 Å². The first-order valence-corrected chi connectivity index (χ1v) is 7.74. The van der Waals surface area contributed by atoms with E-state index < -0.39 is 0 Å². The molecule has 2 aromatic rings. The maximum atomic E-state index is 5.69. The van der Waals surface area contributed by atoms with Crippen molar-refractivity contribution in [3.8, 4) is 11.5 Å². The van der Waals surface area contributed by atoms with Crippen LogP contribution in [0.2, 0.25) is 0 Å². The third-order valence-electron chi connectivity index (χ3n) is 3.23. The SMILES string of the molecule is COc1ccc(OCCN[C@@H](C)c2cccc(Br)c2)cc1. The molecule has 0 aliphatic heterocycles. The van der Waals surface area contributed by atoms with E-state index in [1.807, 2.05) is 36.4 Å². The van der Waals surface area contributed by atoms with Crippen LogP contribution in [0.5, 0.6) is 11.5 Å². The maximum absolute atomic E-state index is 5.69. The van der Waals surface area contributed by atoms with Crippen molar-refractivity contribution in [3.05, 3.63) is 58.6 Å². The standard InChI is InChI=1S/C17H20BrNO2/c1-13(14-4-3-5-15(18)12-14)19-10-11-21-17-8-6-16(20-2)7-9-17/h3-9,12-13,19H,10-11H2,1-2H3/t13-/m0/s1. The lowest BCUT2D eigenvalue weighted by Crippen LogP contribution is -2.24. The zero-order valence-corrected chi connectivity index (χ0v) is 13.9. The molecule has 0 aliphatic rings. The molecule has 0 spiro atoms. The quantitative estimate of drug-likeness (QED) is 0.760. The summed E-state index contributed by atoms with van der Waals surface area (Å²) in [6, 6.07) is 16.2. The highest BCUT2D eigenvalue weighted by molar-refractivity contribution is 9.10. The van der Waals surface area contributed by atoms with Crippen LogP contribution in [-0.4, -0.2) is 20.3 Å². The Morgan fingerprint density at radius 2 is 1.81 bits per heavy atom. The van der Waals surface area contributed by atoms with Gasteiger partial charge in [-0.15, -0.1) is 0 Å². The Morgan fingerprint density at radius 3 is 2.48 bits per heavy atom. The highest BCUT2D eigenvalue weighted by Crippen LogP contribution is 2.18. The van der Waals surface area contributed by atoms with E-state index in [0.717, 1.165) is 22.5 Å². The highest BCUT2D eigenvalue weighted by Gasteiger charge is 2.04. The minimum atomic E-state index is 0.293. The molecule has 0 bridgehead atoms. The van der Waals surface area contributed by atoms with Crippen LogP contribution < -0.4 is 14.8 Å². The Bertz CT molecular complexity index is 557. The number of ether oxygens (including phenoxy) is 2. The van der Waals surface area contributed by atoms with Gasteiger partial charge in [-0.25, -0.2) is 0 Å². The van der Waals surface area contributed by atoms with Gasteiger partial charge >= 0.3 is 0 Å². The van der Waals surface area contributed by atoms with Crippen molar-refractivity contribution in [3.63, 3.8) is 0 Å². The molecular formula is C17H20BrNO2. The summed E-state index contributed by atoms with van der Waals surface area (Å²) in [5.41, 5.74) is 1.26. The summed E-state index contributed by atoms with van der Waals surface area (Å²) in [6.45, 7) is 3.57. The lowest BCUT2D eigenvalue weighted by atomic mass is 10.1. The van der Waals surface area contributed by atoms with E-state index in [1.54, 1.807) is 7.11 Å². The lowest BCUT2D eigenvalue weighted by Gasteiger charge is -2.15. The summed E-state index contributed by atoms with van der Waals surface area (Å²) in [5, 5.41) is 3.45. The fourth-order valence-electron chi connectivity index (χ4n) is 2.01. The lowest BCUT2D eigenvalue weighted by molar-refractivity contribution is 0.307. The van der Waals surface area contributed by atoms with Gasteiger partial charge in [0.15, 0.2) is 0 Å². The number of hydrogen-bond donors (Lipinski definition) is 1. The Balaban J connectivity index is 1.73. The van der Waals surface area contributed by atoms with Gasteiger partial charge in [0.25, 0.3) is 0 Å². The van der Waals surface area contributed by atoms with Crippen molar-refractivity contribution in [2.75, 3.05) is 20.3 Å². The summed E-state index contributed by atoms with van der Waals surface area (Å²) < 4.78 is 11.9. The molecule has 0 amide bonds. The molecule has 21 heavy (non-hydrogen) atoms. The number of methoxy groups -OCH3 is 1. The van der Waals surface area contributed by atoms with Crippen LogP contribution in [0.25, 0.3) is 0 Å². The van der Waals surface area contributed by atoms with Crippen LogP contribution in [0.4, 0.5) is 0 Å². The van der Waals surface area contributed by atoms with E-state index >= 15 is 0 Å². The smallest absolute Gasteiger partial charge is 0.119 e. The minimum Gasteiger partial charge on any atom is -0.497 e. The molecule has 1 atom stereocenters. The minimum absolute atomic E-state index is 0.293. The zero-order chi connectivity index (χ0) is 15.1. The van der Waals surface area contributed by atoms with Crippen LogP contribution in [0.3, 0.4) is 0 Å². The van der Waals surface area contributed by atoms with E-state index in [9.17, 15) is 0 Å². The molecule has 0 heterocycles. The molecule has 3 nitrogen and oxygen atoms in total. The van der Waals surface area contributed by atoms with Crippen molar-refractivity contribution < 1.29 is 9.47 Å². The summed E-state index contributed by atoms with van der Waals surface area (Å²) in [6.07, 6.45) is 0. The molecule has 2 rings (SSSR count). The Labute approximate surface area is 134 Å². The highest BCUT2D eigenvalue weighted by atomic mass is 79.9. The fourth-order valence-corrected chi connectivity index (χ4v) is 2.43. The maximum Gasteiger partial charge on any atom is 0.119 e. The third-order valence-corrected chi connectivity index (χ3v) is 3.72. The van der Waals surface area contributed by atoms with Crippen molar-refractivity contribution in [1.82, 2.24) is 5.32 Å². The second kappa shape index (κ2) is 8.05. The molecule has 2 aromatic carbocycles. The van der Waals surface area contributed by atoms with Gasteiger partial charge < -0.3 is 14.8 Å². The Hall–Kier alpha value is -1.52. The van der Waals surface area contributed by atoms with Crippen LogP contribution >= 0.6 is 15.9 Å². The summed E-state index contributed by atoms with van der Waals surface area (Å²) >= 11 is 3.49. The molecule has 0 radical (unpaired) electrons. The molecule has 0 unspecified atom stereocenters. The van der Waals surface area contributed by atoms with Crippen LogP contribution in [0.15, 0.2) is 53.0 Å². The second-order valence-corrected chi connectivity index (χ2v) is 5.67. The van der Waals surface area contributed by atoms with Crippen molar-refractivity contribution in [1.29, 1.82) is 0 Å². The molecule has 112 valence electrons. The average molecular weight is 350 g/mol. The van der Waals surface area contributed by atoms with Crippen molar-refractivity contribution in [2.45, 2.75) is 13.0 Å². The van der Waals surface area contributed by atoms with Crippen molar-refractivity contribution >= 4 is 15.9 Å². The number of rotatable bonds is 7. The number of hydrogen-bond acceptors (Lipinski definition) is 3. The summed E-state index contributed by atoms with van der Waals surface area (Å²) in [5.74, 6) is 1.69. The topological polar surface area (TPSA) is 30.5 Å². The number of benzene rings is 2. The molecule has 0 saturated carbocycles. The van der Waals surface area contributed by atoms with Gasteiger partial charge in [-0.2, -0.15) is 0 Å². The molecule has 0 saturated heterocycles. The normalized spacial score (nSPS) is 12.0. The molecule has 0 aromatic heterocycles. The van der Waals surface area contributed by atoms with Gasteiger partial charge in [-0.05, 0) is 48.9 Å². The molecule has 0 fully saturated rings. The van der Waals surface area contributed by atoms with E-state index in [4.69, 9.17) is 9.47 Å². The van der Waals surface area contributed by atoms with Crippen LogP contribution in [0.1, 0.15) is 18.5 Å². The molecule has 0 aliphatic carbocycles. The zero-order valence-electron chi connectivity index (χ0n) is 12.3. The second-order valence-electron chi connectivity index (χ2n) is 4.75. The van der Waals surface area contributed by atoms with Crippen molar-refractivity contribution in [2.24, 2.45) is 0 Å². The fraction of sp³-hybridized carbons (Fsp3) is 0.294. The summed E-state index contributed by atoms with van der Waals surface area (Å²) in [7, 11) is 1.66. The third kappa shape index (κ3) is 5.06. The predicted molar refractivity (Wildman–Crippen MR) is 89.0 cm³/mol. The van der Waals surface area contributed by atoms with Gasteiger partial charge in [-0.1, -0.05) is 28.1 Å². The van der Waals surface area contributed by atoms with Gasteiger partial charge in [0.2, 0.25) is 0 Å².